The summed E-state index contributed by atoms with van der Waals surface area (Å²) in [4.78, 5) is 26.1. The highest BCUT2D eigenvalue weighted by Gasteiger charge is 2.29. The quantitative estimate of drug-likeness (QED) is 0.759. The maximum absolute atomic E-state index is 14.2. The third kappa shape index (κ3) is 4.42. The van der Waals surface area contributed by atoms with Gasteiger partial charge in [0.05, 0.1) is 12.5 Å². The van der Waals surface area contributed by atoms with Crippen molar-refractivity contribution < 1.29 is 18.4 Å². The van der Waals surface area contributed by atoms with Gasteiger partial charge in [-0.3, -0.25) is 9.59 Å². The number of fused-ring (bicyclic) bond motifs is 1. The molecule has 1 aliphatic rings. The zero-order valence-electron chi connectivity index (χ0n) is 15.4. The van der Waals surface area contributed by atoms with Gasteiger partial charge in [-0.1, -0.05) is 12.1 Å². The summed E-state index contributed by atoms with van der Waals surface area (Å²) in [6, 6.07) is 7.71. The van der Waals surface area contributed by atoms with Crippen LogP contribution in [0.5, 0.6) is 0 Å². The molecule has 3 rings (SSSR count). The minimum atomic E-state index is -1.09. The van der Waals surface area contributed by atoms with E-state index in [1.165, 1.54) is 13.0 Å². The molecule has 2 amide bonds. The van der Waals surface area contributed by atoms with Crippen molar-refractivity contribution in [3.63, 3.8) is 0 Å². The van der Waals surface area contributed by atoms with Gasteiger partial charge in [0.1, 0.15) is 11.6 Å². The van der Waals surface area contributed by atoms with Gasteiger partial charge in [0, 0.05) is 30.4 Å². The molecule has 0 saturated carbocycles. The Balaban J connectivity index is 0.00000280. The van der Waals surface area contributed by atoms with Gasteiger partial charge in [-0.2, -0.15) is 0 Å². The number of anilines is 2. The van der Waals surface area contributed by atoms with Crippen LogP contribution in [-0.2, 0) is 16.0 Å². The Morgan fingerprint density at radius 2 is 1.82 bits per heavy atom. The fourth-order valence-electron chi connectivity index (χ4n) is 3.51. The molecule has 3 N–H and O–H groups in total. The highest BCUT2D eigenvalue weighted by Crippen LogP contribution is 2.33. The zero-order valence-corrected chi connectivity index (χ0v) is 16.2. The fraction of sp³-hybridized carbons (Fsp3) is 0.300. The molecule has 28 heavy (non-hydrogen) atoms. The van der Waals surface area contributed by atoms with Gasteiger partial charge >= 0.3 is 0 Å². The first-order valence-corrected chi connectivity index (χ1v) is 8.77. The van der Waals surface area contributed by atoms with E-state index in [0.29, 0.717) is 17.9 Å². The minimum absolute atomic E-state index is 0. The molecule has 1 heterocycles. The lowest BCUT2D eigenvalue weighted by atomic mass is 9.97. The summed E-state index contributed by atoms with van der Waals surface area (Å²) in [7, 11) is 0. The number of amides is 2. The first kappa shape index (κ1) is 21.6. The molecule has 0 spiro atoms. The summed E-state index contributed by atoms with van der Waals surface area (Å²) in [5.41, 5.74) is 7.91. The lowest BCUT2D eigenvalue weighted by molar-refractivity contribution is -0.121. The van der Waals surface area contributed by atoms with E-state index in [1.807, 2.05) is 0 Å². The Morgan fingerprint density at radius 1 is 1.18 bits per heavy atom. The van der Waals surface area contributed by atoms with Crippen molar-refractivity contribution in [1.82, 2.24) is 5.32 Å². The second kappa shape index (κ2) is 9.01. The van der Waals surface area contributed by atoms with E-state index in [9.17, 15) is 18.4 Å². The predicted molar refractivity (Wildman–Crippen MR) is 106 cm³/mol. The molecular weight excluding hydrogens is 388 g/mol. The second-order valence-corrected chi connectivity index (χ2v) is 6.59. The van der Waals surface area contributed by atoms with Crippen LogP contribution < -0.4 is 16.0 Å². The summed E-state index contributed by atoms with van der Waals surface area (Å²) >= 11 is 0. The van der Waals surface area contributed by atoms with Crippen LogP contribution in [0.2, 0.25) is 0 Å². The molecule has 0 saturated heterocycles. The molecule has 0 radical (unpaired) electrons. The maximum Gasteiger partial charge on any atom is 0.229 e. The van der Waals surface area contributed by atoms with E-state index in [2.05, 4.69) is 5.32 Å². The second-order valence-electron chi connectivity index (χ2n) is 6.59. The Labute approximate surface area is 168 Å². The summed E-state index contributed by atoms with van der Waals surface area (Å²) in [5, 5.41) is 2.49. The maximum atomic E-state index is 14.2. The van der Waals surface area contributed by atoms with E-state index >= 15 is 0 Å². The number of hydrogen-bond donors (Lipinski definition) is 2. The summed E-state index contributed by atoms with van der Waals surface area (Å²) < 4.78 is 28.4. The normalized spacial score (nSPS) is 13.9. The summed E-state index contributed by atoms with van der Waals surface area (Å²) in [5.74, 6) is -2.41. The number of carbonyl (C=O) groups excluding carboxylic acids is 2. The number of carbonyl (C=O) groups is 2. The van der Waals surface area contributed by atoms with Gasteiger partial charge in [0.15, 0.2) is 0 Å². The van der Waals surface area contributed by atoms with Gasteiger partial charge in [-0.25, -0.2) is 8.78 Å². The number of nitrogens with two attached hydrogens (primary N) is 1. The van der Waals surface area contributed by atoms with Crippen LogP contribution in [0.1, 0.15) is 36.9 Å². The van der Waals surface area contributed by atoms with E-state index < -0.39 is 23.6 Å². The molecule has 0 fully saturated rings. The molecule has 1 aliphatic heterocycles. The topological polar surface area (TPSA) is 75.4 Å². The lowest BCUT2D eigenvalue weighted by Gasteiger charge is -2.31. The Hall–Kier alpha value is -2.67. The number of hydrogen-bond acceptors (Lipinski definition) is 3. The average molecular weight is 410 g/mol. The van der Waals surface area contributed by atoms with E-state index in [0.717, 1.165) is 30.5 Å². The third-order valence-corrected chi connectivity index (χ3v) is 4.69. The molecule has 1 unspecified atom stereocenters. The molecule has 5 nitrogen and oxygen atoms in total. The SMILES string of the molecule is CC(=O)NC(CC(=O)N1CCCc2c(N)cccc21)c1c(F)cccc1F.Cl. The van der Waals surface area contributed by atoms with Crippen molar-refractivity contribution in [2.24, 2.45) is 0 Å². The summed E-state index contributed by atoms with van der Waals surface area (Å²) in [6.07, 6.45) is 1.25. The van der Waals surface area contributed by atoms with Crippen LogP contribution in [0.3, 0.4) is 0 Å². The Kier molecular flexibility index (Phi) is 6.96. The standard InChI is InChI=1S/C20H21F2N3O2.ClH/c1-12(26)24-17(20-14(21)6-2-7-15(20)22)11-19(27)25-10-4-5-13-16(23)8-3-9-18(13)25;/h2-3,6-9,17H,4-5,10-11,23H2,1H3,(H,24,26);1H. The van der Waals surface area contributed by atoms with Gasteiger partial charge < -0.3 is 16.0 Å². The van der Waals surface area contributed by atoms with E-state index in [1.54, 1.807) is 23.1 Å². The van der Waals surface area contributed by atoms with Crippen molar-refractivity contribution in [3.8, 4) is 0 Å². The minimum Gasteiger partial charge on any atom is -0.398 e. The van der Waals surface area contributed by atoms with Gasteiger partial charge in [-0.15, -0.1) is 12.4 Å². The van der Waals surface area contributed by atoms with Gasteiger partial charge in [-0.05, 0) is 42.7 Å². The number of halogens is 3. The van der Waals surface area contributed by atoms with Crippen molar-refractivity contribution in [3.05, 3.63) is 59.2 Å². The van der Waals surface area contributed by atoms with Gasteiger partial charge in [0.25, 0.3) is 0 Å². The number of nitrogens with zero attached hydrogens (tertiary/aromatic N) is 1. The average Bonchev–Trinajstić information content (AvgIpc) is 2.61. The molecule has 1 atom stereocenters. The highest BCUT2D eigenvalue weighted by atomic mass is 35.5. The molecule has 0 bridgehead atoms. The van der Waals surface area contributed by atoms with Crippen LogP contribution >= 0.6 is 12.4 Å². The molecule has 2 aromatic carbocycles. The predicted octanol–water partition coefficient (Wildman–Crippen LogP) is 3.52. The number of nitrogens with one attached hydrogen (secondary N) is 1. The first-order chi connectivity index (χ1) is 12.9. The van der Waals surface area contributed by atoms with Crippen LogP contribution in [0.15, 0.2) is 36.4 Å². The number of rotatable bonds is 4. The Morgan fingerprint density at radius 3 is 2.46 bits per heavy atom. The van der Waals surface area contributed by atoms with Crippen molar-refractivity contribution in [1.29, 1.82) is 0 Å². The molecule has 0 aliphatic carbocycles. The zero-order chi connectivity index (χ0) is 19.6. The largest absolute Gasteiger partial charge is 0.398 e. The Bertz CT molecular complexity index is 871. The van der Waals surface area contributed by atoms with Crippen LogP contribution in [0.25, 0.3) is 0 Å². The fourth-order valence-corrected chi connectivity index (χ4v) is 3.51. The molecule has 8 heteroatoms. The first-order valence-electron chi connectivity index (χ1n) is 8.77. The highest BCUT2D eigenvalue weighted by molar-refractivity contribution is 5.96. The van der Waals surface area contributed by atoms with Crippen LogP contribution in [0, 0.1) is 11.6 Å². The third-order valence-electron chi connectivity index (χ3n) is 4.69. The van der Waals surface area contributed by atoms with Crippen molar-refractivity contribution >= 4 is 35.6 Å². The lowest BCUT2D eigenvalue weighted by Crippen LogP contribution is -2.39. The summed E-state index contributed by atoms with van der Waals surface area (Å²) in [6.45, 7) is 1.73. The monoisotopic (exact) mass is 409 g/mol. The van der Waals surface area contributed by atoms with Crippen molar-refractivity contribution in [2.75, 3.05) is 17.2 Å². The molecule has 0 aromatic heterocycles. The van der Waals surface area contributed by atoms with Gasteiger partial charge in [0.2, 0.25) is 11.8 Å². The van der Waals surface area contributed by atoms with E-state index in [4.69, 9.17) is 5.73 Å². The molecular formula is C20H22ClF2N3O2. The number of benzene rings is 2. The van der Waals surface area contributed by atoms with Crippen LogP contribution in [0.4, 0.5) is 20.2 Å². The smallest absolute Gasteiger partial charge is 0.229 e. The number of nitrogen functional groups attached to an aromatic ring is 1. The van der Waals surface area contributed by atoms with E-state index in [-0.39, 0.29) is 30.3 Å². The van der Waals surface area contributed by atoms with Crippen LogP contribution in [-0.4, -0.2) is 18.4 Å². The van der Waals surface area contributed by atoms with Crippen molar-refractivity contribution in [2.45, 2.75) is 32.2 Å². The molecule has 150 valence electrons. The molecule has 2 aromatic rings.